The average Bonchev–Trinajstić information content (AvgIpc) is 2.35. The summed E-state index contributed by atoms with van der Waals surface area (Å²) in [5.41, 5.74) is 2.40. The highest BCUT2D eigenvalue weighted by Crippen LogP contribution is 2.28. The summed E-state index contributed by atoms with van der Waals surface area (Å²) in [5.74, 6) is 0.489. The first-order valence-corrected chi connectivity index (χ1v) is 5.84. The molecule has 2 rings (SSSR count). The standard InChI is InChI=1S/C15H14O4/c1-10-5-4-8-14(19-15(17)18)12(10)9-11-6-2-3-7-13(11)16/h2-8,16H,9H2,1H3,(H,17,18). The summed E-state index contributed by atoms with van der Waals surface area (Å²) in [6.45, 7) is 1.88. The molecule has 0 saturated carbocycles. The predicted molar refractivity (Wildman–Crippen MR) is 70.7 cm³/mol. The number of para-hydroxylation sites is 1. The zero-order chi connectivity index (χ0) is 13.8. The van der Waals surface area contributed by atoms with Crippen LogP contribution in [0.2, 0.25) is 0 Å². The van der Waals surface area contributed by atoms with E-state index in [9.17, 15) is 9.90 Å². The number of ether oxygens (including phenoxy) is 1. The van der Waals surface area contributed by atoms with Gasteiger partial charge in [0.1, 0.15) is 11.5 Å². The Balaban J connectivity index is 2.39. The van der Waals surface area contributed by atoms with E-state index in [0.29, 0.717) is 12.2 Å². The average molecular weight is 258 g/mol. The number of aromatic hydroxyl groups is 1. The highest BCUT2D eigenvalue weighted by atomic mass is 16.7. The summed E-state index contributed by atoms with van der Waals surface area (Å²) in [7, 11) is 0. The highest BCUT2D eigenvalue weighted by molar-refractivity contribution is 5.63. The third-order valence-electron chi connectivity index (χ3n) is 2.92. The van der Waals surface area contributed by atoms with Crippen LogP contribution in [0.3, 0.4) is 0 Å². The lowest BCUT2D eigenvalue weighted by Crippen LogP contribution is -2.06. The molecule has 0 radical (unpaired) electrons. The molecule has 2 N–H and O–H groups in total. The van der Waals surface area contributed by atoms with Crippen LogP contribution in [0.5, 0.6) is 11.5 Å². The van der Waals surface area contributed by atoms with Crippen LogP contribution in [0.4, 0.5) is 4.79 Å². The molecule has 0 atom stereocenters. The molecule has 0 heterocycles. The van der Waals surface area contributed by atoms with Gasteiger partial charge in [0.15, 0.2) is 0 Å². The zero-order valence-corrected chi connectivity index (χ0v) is 10.5. The van der Waals surface area contributed by atoms with Gasteiger partial charge < -0.3 is 14.9 Å². The lowest BCUT2D eigenvalue weighted by atomic mass is 9.99. The molecular formula is C15H14O4. The van der Waals surface area contributed by atoms with Gasteiger partial charge in [-0.3, -0.25) is 0 Å². The van der Waals surface area contributed by atoms with E-state index in [1.807, 2.05) is 19.1 Å². The number of hydrogen-bond acceptors (Lipinski definition) is 3. The zero-order valence-electron chi connectivity index (χ0n) is 10.5. The van der Waals surface area contributed by atoms with Gasteiger partial charge in [0.05, 0.1) is 0 Å². The minimum Gasteiger partial charge on any atom is -0.508 e. The Kier molecular flexibility index (Phi) is 3.71. The maximum Gasteiger partial charge on any atom is 0.511 e. The smallest absolute Gasteiger partial charge is 0.508 e. The van der Waals surface area contributed by atoms with E-state index in [1.54, 1.807) is 30.3 Å². The van der Waals surface area contributed by atoms with Gasteiger partial charge in [0.25, 0.3) is 0 Å². The number of hydrogen-bond donors (Lipinski definition) is 2. The second-order valence-electron chi connectivity index (χ2n) is 4.23. The SMILES string of the molecule is Cc1cccc(OC(=O)O)c1Cc1ccccc1O. The number of carbonyl (C=O) groups is 1. The molecule has 0 aliphatic carbocycles. The first-order valence-electron chi connectivity index (χ1n) is 5.84. The van der Waals surface area contributed by atoms with Crippen molar-refractivity contribution in [3.63, 3.8) is 0 Å². The minimum atomic E-state index is -1.34. The molecule has 2 aromatic rings. The summed E-state index contributed by atoms with van der Waals surface area (Å²) in [5, 5.41) is 18.5. The molecule has 0 aliphatic heterocycles. The Morgan fingerprint density at radius 1 is 1.16 bits per heavy atom. The van der Waals surface area contributed by atoms with Gasteiger partial charge in [0, 0.05) is 12.0 Å². The van der Waals surface area contributed by atoms with Crippen molar-refractivity contribution >= 4 is 6.16 Å². The Hall–Kier alpha value is -2.49. The summed E-state index contributed by atoms with van der Waals surface area (Å²) in [4.78, 5) is 10.7. The molecule has 2 aromatic carbocycles. The minimum absolute atomic E-state index is 0.187. The van der Waals surface area contributed by atoms with Crippen LogP contribution in [0.25, 0.3) is 0 Å². The predicted octanol–water partition coefficient (Wildman–Crippen LogP) is 3.35. The van der Waals surface area contributed by atoms with Crippen molar-refractivity contribution < 1.29 is 19.7 Å². The Morgan fingerprint density at radius 3 is 2.58 bits per heavy atom. The first-order chi connectivity index (χ1) is 9.08. The largest absolute Gasteiger partial charge is 0.511 e. The van der Waals surface area contributed by atoms with E-state index >= 15 is 0 Å². The van der Waals surface area contributed by atoms with Gasteiger partial charge in [-0.25, -0.2) is 4.79 Å². The third-order valence-corrected chi connectivity index (χ3v) is 2.92. The van der Waals surface area contributed by atoms with Crippen LogP contribution >= 0.6 is 0 Å². The molecule has 4 heteroatoms. The van der Waals surface area contributed by atoms with Crippen molar-refractivity contribution in [2.45, 2.75) is 13.3 Å². The summed E-state index contributed by atoms with van der Waals surface area (Å²) < 4.78 is 4.77. The maximum absolute atomic E-state index is 10.7. The molecule has 0 amide bonds. The van der Waals surface area contributed by atoms with Crippen molar-refractivity contribution in [2.75, 3.05) is 0 Å². The van der Waals surface area contributed by atoms with Gasteiger partial charge in [-0.15, -0.1) is 0 Å². The van der Waals surface area contributed by atoms with Crippen molar-refractivity contribution in [3.8, 4) is 11.5 Å². The van der Waals surface area contributed by atoms with E-state index in [2.05, 4.69) is 0 Å². The van der Waals surface area contributed by atoms with Crippen LogP contribution in [0.15, 0.2) is 42.5 Å². The second-order valence-corrected chi connectivity index (χ2v) is 4.23. The molecule has 0 fully saturated rings. The molecule has 0 unspecified atom stereocenters. The van der Waals surface area contributed by atoms with Crippen LogP contribution in [-0.2, 0) is 6.42 Å². The van der Waals surface area contributed by atoms with Crippen LogP contribution < -0.4 is 4.74 Å². The van der Waals surface area contributed by atoms with Gasteiger partial charge >= 0.3 is 6.16 Å². The quantitative estimate of drug-likeness (QED) is 0.654. The van der Waals surface area contributed by atoms with Crippen LogP contribution in [0.1, 0.15) is 16.7 Å². The molecule has 0 bridgehead atoms. The van der Waals surface area contributed by atoms with Crippen LogP contribution in [-0.4, -0.2) is 16.4 Å². The molecular weight excluding hydrogens is 244 g/mol. The van der Waals surface area contributed by atoms with Gasteiger partial charge in [-0.05, 0) is 30.2 Å². The fraction of sp³-hybridized carbons (Fsp3) is 0.133. The summed E-state index contributed by atoms with van der Waals surface area (Å²) in [6, 6.07) is 12.2. The van der Waals surface area contributed by atoms with Crippen molar-refractivity contribution in [3.05, 3.63) is 59.2 Å². The Labute approximate surface area is 110 Å². The van der Waals surface area contributed by atoms with Crippen molar-refractivity contribution in [2.24, 2.45) is 0 Å². The number of aryl methyl sites for hydroxylation is 1. The number of rotatable bonds is 3. The molecule has 4 nitrogen and oxygen atoms in total. The lowest BCUT2D eigenvalue weighted by Gasteiger charge is -2.12. The molecule has 98 valence electrons. The lowest BCUT2D eigenvalue weighted by molar-refractivity contribution is 0.144. The summed E-state index contributed by atoms with van der Waals surface area (Å²) >= 11 is 0. The molecule has 19 heavy (non-hydrogen) atoms. The van der Waals surface area contributed by atoms with E-state index in [0.717, 1.165) is 16.7 Å². The molecule has 0 spiro atoms. The number of phenolic OH excluding ortho intramolecular Hbond substituents is 1. The molecule has 0 saturated heterocycles. The number of benzene rings is 2. The molecule has 0 aliphatic rings. The van der Waals surface area contributed by atoms with E-state index < -0.39 is 6.16 Å². The van der Waals surface area contributed by atoms with Gasteiger partial charge in [-0.1, -0.05) is 30.3 Å². The topological polar surface area (TPSA) is 66.8 Å². The third kappa shape index (κ3) is 3.04. The fourth-order valence-electron chi connectivity index (χ4n) is 1.94. The highest BCUT2D eigenvalue weighted by Gasteiger charge is 2.12. The van der Waals surface area contributed by atoms with Crippen LogP contribution in [0, 0.1) is 6.92 Å². The normalized spacial score (nSPS) is 10.2. The summed E-state index contributed by atoms with van der Waals surface area (Å²) in [6.07, 6.45) is -0.925. The Morgan fingerprint density at radius 2 is 1.89 bits per heavy atom. The van der Waals surface area contributed by atoms with Crippen molar-refractivity contribution in [1.82, 2.24) is 0 Å². The second kappa shape index (κ2) is 5.44. The monoisotopic (exact) mass is 258 g/mol. The van der Waals surface area contributed by atoms with E-state index in [4.69, 9.17) is 9.84 Å². The van der Waals surface area contributed by atoms with E-state index in [-0.39, 0.29) is 5.75 Å². The number of carboxylic acid groups (broad SMARTS) is 1. The first kappa shape index (κ1) is 13.0. The Bertz CT molecular complexity index is 605. The van der Waals surface area contributed by atoms with E-state index in [1.165, 1.54) is 0 Å². The van der Waals surface area contributed by atoms with Crippen molar-refractivity contribution in [1.29, 1.82) is 0 Å². The maximum atomic E-state index is 10.7. The number of phenols is 1. The van der Waals surface area contributed by atoms with Gasteiger partial charge in [-0.2, -0.15) is 0 Å². The molecule has 0 aromatic heterocycles. The fourth-order valence-corrected chi connectivity index (χ4v) is 1.94. The van der Waals surface area contributed by atoms with Gasteiger partial charge in [0.2, 0.25) is 0 Å².